The molecule has 0 radical (unpaired) electrons. The van der Waals surface area contributed by atoms with Crippen molar-refractivity contribution in [1.82, 2.24) is 5.32 Å². The Labute approximate surface area is 162 Å². The van der Waals surface area contributed by atoms with Gasteiger partial charge in [-0.1, -0.05) is 19.8 Å². The van der Waals surface area contributed by atoms with E-state index in [0.717, 1.165) is 51.5 Å². The number of rotatable bonds is 9. The summed E-state index contributed by atoms with van der Waals surface area (Å²) in [6.07, 6.45) is 6.29. The lowest BCUT2D eigenvalue weighted by molar-refractivity contribution is -0.128. The SMILES string of the molecule is CCCCCNC(=O)C1CCC(C(=O)Nc2cc(OC)ccc2OC)CC1. The number of amides is 2. The smallest absolute Gasteiger partial charge is 0.227 e. The summed E-state index contributed by atoms with van der Waals surface area (Å²) in [7, 11) is 3.16. The quantitative estimate of drug-likeness (QED) is 0.644. The molecule has 0 heterocycles. The Bertz CT molecular complexity index is 625. The molecule has 1 fully saturated rings. The van der Waals surface area contributed by atoms with Crippen molar-refractivity contribution in [2.24, 2.45) is 11.8 Å². The average Bonchev–Trinajstić information content (AvgIpc) is 2.71. The molecule has 0 aliphatic heterocycles. The van der Waals surface area contributed by atoms with E-state index in [-0.39, 0.29) is 23.7 Å². The van der Waals surface area contributed by atoms with E-state index < -0.39 is 0 Å². The van der Waals surface area contributed by atoms with E-state index in [2.05, 4.69) is 17.6 Å². The van der Waals surface area contributed by atoms with Gasteiger partial charge in [-0.25, -0.2) is 0 Å². The summed E-state index contributed by atoms with van der Waals surface area (Å²) in [4.78, 5) is 24.9. The second kappa shape index (κ2) is 10.8. The molecule has 27 heavy (non-hydrogen) atoms. The van der Waals surface area contributed by atoms with Gasteiger partial charge in [0.1, 0.15) is 11.5 Å². The fourth-order valence-corrected chi connectivity index (χ4v) is 3.50. The zero-order valence-corrected chi connectivity index (χ0v) is 16.7. The lowest BCUT2D eigenvalue weighted by atomic mass is 9.81. The van der Waals surface area contributed by atoms with Gasteiger partial charge in [-0.2, -0.15) is 0 Å². The standard InChI is InChI=1S/C21H32N2O4/c1-4-5-6-13-22-20(24)15-7-9-16(10-8-15)21(25)23-18-14-17(26-2)11-12-19(18)27-3/h11-12,14-16H,4-10,13H2,1-3H3,(H,22,24)(H,23,25). The first-order valence-corrected chi connectivity index (χ1v) is 9.89. The van der Waals surface area contributed by atoms with E-state index in [0.29, 0.717) is 17.2 Å². The maximum absolute atomic E-state index is 12.6. The molecule has 1 aromatic carbocycles. The Kier molecular flexibility index (Phi) is 8.43. The second-order valence-corrected chi connectivity index (χ2v) is 7.10. The highest BCUT2D eigenvalue weighted by Gasteiger charge is 2.30. The first-order chi connectivity index (χ1) is 13.1. The largest absolute Gasteiger partial charge is 0.497 e. The van der Waals surface area contributed by atoms with Crippen molar-refractivity contribution >= 4 is 17.5 Å². The number of benzene rings is 1. The topological polar surface area (TPSA) is 76.7 Å². The summed E-state index contributed by atoms with van der Waals surface area (Å²) in [6, 6.07) is 5.32. The fourth-order valence-electron chi connectivity index (χ4n) is 3.50. The molecule has 6 heteroatoms. The number of unbranched alkanes of at least 4 members (excludes halogenated alkanes) is 2. The first kappa shape index (κ1) is 21.1. The molecular weight excluding hydrogens is 344 g/mol. The molecule has 0 aromatic heterocycles. The minimum atomic E-state index is -0.0787. The van der Waals surface area contributed by atoms with E-state index in [1.54, 1.807) is 32.4 Å². The van der Waals surface area contributed by atoms with Crippen molar-refractivity contribution in [1.29, 1.82) is 0 Å². The number of carbonyl (C=O) groups is 2. The van der Waals surface area contributed by atoms with Crippen molar-refractivity contribution < 1.29 is 19.1 Å². The summed E-state index contributed by atoms with van der Waals surface area (Å²) in [5, 5.41) is 5.98. The molecule has 0 bridgehead atoms. The predicted molar refractivity (Wildman–Crippen MR) is 106 cm³/mol. The number of nitrogens with one attached hydrogen (secondary N) is 2. The van der Waals surface area contributed by atoms with Crippen molar-refractivity contribution in [3.05, 3.63) is 18.2 Å². The van der Waals surface area contributed by atoms with Crippen LogP contribution in [0.5, 0.6) is 11.5 Å². The molecule has 0 atom stereocenters. The average molecular weight is 376 g/mol. The maximum Gasteiger partial charge on any atom is 0.227 e. The van der Waals surface area contributed by atoms with Crippen LogP contribution in [0.1, 0.15) is 51.9 Å². The van der Waals surface area contributed by atoms with Crippen LogP contribution in [0, 0.1) is 11.8 Å². The highest BCUT2D eigenvalue weighted by atomic mass is 16.5. The summed E-state index contributed by atoms with van der Waals surface area (Å²) in [6.45, 7) is 2.90. The van der Waals surface area contributed by atoms with Gasteiger partial charge in [-0.15, -0.1) is 0 Å². The second-order valence-electron chi connectivity index (χ2n) is 7.10. The number of anilines is 1. The van der Waals surface area contributed by atoms with Crippen molar-refractivity contribution in [2.75, 3.05) is 26.1 Å². The van der Waals surface area contributed by atoms with E-state index in [1.165, 1.54) is 0 Å². The molecule has 2 amide bonds. The number of carbonyl (C=O) groups excluding carboxylic acids is 2. The Morgan fingerprint density at radius 3 is 2.26 bits per heavy atom. The molecule has 2 rings (SSSR count). The molecule has 2 N–H and O–H groups in total. The van der Waals surface area contributed by atoms with Crippen LogP contribution in [0.15, 0.2) is 18.2 Å². The zero-order valence-electron chi connectivity index (χ0n) is 16.7. The lowest BCUT2D eigenvalue weighted by Gasteiger charge is -2.27. The fraction of sp³-hybridized carbons (Fsp3) is 0.619. The number of hydrogen-bond donors (Lipinski definition) is 2. The van der Waals surface area contributed by atoms with Crippen LogP contribution in [-0.4, -0.2) is 32.6 Å². The Morgan fingerprint density at radius 2 is 1.67 bits per heavy atom. The Hall–Kier alpha value is -2.24. The van der Waals surface area contributed by atoms with Gasteiger partial charge < -0.3 is 20.1 Å². The van der Waals surface area contributed by atoms with E-state index in [4.69, 9.17) is 9.47 Å². The van der Waals surface area contributed by atoms with Crippen LogP contribution in [0.25, 0.3) is 0 Å². The number of ether oxygens (including phenoxy) is 2. The van der Waals surface area contributed by atoms with E-state index in [9.17, 15) is 9.59 Å². The van der Waals surface area contributed by atoms with Crippen LogP contribution in [0.4, 0.5) is 5.69 Å². The highest BCUT2D eigenvalue weighted by molar-refractivity contribution is 5.94. The summed E-state index contributed by atoms with van der Waals surface area (Å²) in [5.74, 6) is 1.33. The molecule has 150 valence electrons. The molecule has 1 aromatic rings. The molecule has 6 nitrogen and oxygen atoms in total. The van der Waals surface area contributed by atoms with Gasteiger partial charge in [-0.3, -0.25) is 9.59 Å². The highest BCUT2D eigenvalue weighted by Crippen LogP contribution is 2.33. The van der Waals surface area contributed by atoms with Gasteiger partial charge in [0.15, 0.2) is 0 Å². The van der Waals surface area contributed by atoms with Crippen LogP contribution in [-0.2, 0) is 9.59 Å². The maximum atomic E-state index is 12.6. The van der Waals surface area contributed by atoms with E-state index >= 15 is 0 Å². The van der Waals surface area contributed by atoms with Crippen LogP contribution in [0.3, 0.4) is 0 Å². The van der Waals surface area contributed by atoms with Gasteiger partial charge in [0.2, 0.25) is 11.8 Å². The summed E-state index contributed by atoms with van der Waals surface area (Å²) in [5.41, 5.74) is 0.609. The summed E-state index contributed by atoms with van der Waals surface area (Å²) < 4.78 is 10.5. The third-order valence-electron chi connectivity index (χ3n) is 5.21. The lowest BCUT2D eigenvalue weighted by Crippen LogP contribution is -2.36. The minimum Gasteiger partial charge on any atom is -0.497 e. The van der Waals surface area contributed by atoms with Gasteiger partial charge in [0.05, 0.1) is 19.9 Å². The van der Waals surface area contributed by atoms with E-state index in [1.807, 2.05) is 0 Å². The minimum absolute atomic E-state index is 0.0247. The molecule has 0 saturated heterocycles. The van der Waals surface area contributed by atoms with Gasteiger partial charge >= 0.3 is 0 Å². The van der Waals surface area contributed by atoms with Gasteiger partial charge in [0, 0.05) is 24.4 Å². The predicted octanol–water partition coefficient (Wildman–Crippen LogP) is 3.76. The third kappa shape index (κ3) is 6.15. The van der Waals surface area contributed by atoms with Crippen LogP contribution >= 0.6 is 0 Å². The van der Waals surface area contributed by atoms with Crippen molar-refractivity contribution in [3.8, 4) is 11.5 Å². The summed E-state index contributed by atoms with van der Waals surface area (Å²) >= 11 is 0. The molecular formula is C21H32N2O4. The number of methoxy groups -OCH3 is 2. The molecule has 0 spiro atoms. The van der Waals surface area contributed by atoms with Crippen molar-refractivity contribution in [2.45, 2.75) is 51.9 Å². The number of hydrogen-bond acceptors (Lipinski definition) is 4. The van der Waals surface area contributed by atoms with Crippen LogP contribution < -0.4 is 20.1 Å². The Balaban J connectivity index is 1.84. The molecule has 1 aliphatic rings. The molecule has 0 unspecified atom stereocenters. The zero-order chi connectivity index (χ0) is 19.6. The monoisotopic (exact) mass is 376 g/mol. The normalized spacial score (nSPS) is 19.2. The molecule has 1 saturated carbocycles. The third-order valence-corrected chi connectivity index (χ3v) is 5.21. The Morgan fingerprint density at radius 1 is 1.00 bits per heavy atom. The van der Waals surface area contributed by atoms with Crippen molar-refractivity contribution in [3.63, 3.8) is 0 Å². The van der Waals surface area contributed by atoms with Crippen LogP contribution in [0.2, 0.25) is 0 Å². The first-order valence-electron chi connectivity index (χ1n) is 9.89. The van der Waals surface area contributed by atoms with Gasteiger partial charge in [-0.05, 0) is 44.2 Å². The van der Waals surface area contributed by atoms with Gasteiger partial charge in [0.25, 0.3) is 0 Å². The molecule has 1 aliphatic carbocycles.